The van der Waals surface area contributed by atoms with Gasteiger partial charge < -0.3 is 15.0 Å². The molecule has 0 bridgehead atoms. The maximum absolute atomic E-state index is 12.2. The second-order valence-electron chi connectivity index (χ2n) is 7.18. The van der Waals surface area contributed by atoms with Crippen LogP contribution in [0.15, 0.2) is 29.4 Å². The number of nitrogens with one attached hydrogen (secondary N) is 1. The lowest BCUT2D eigenvalue weighted by molar-refractivity contribution is -0.118. The van der Waals surface area contributed by atoms with Crippen LogP contribution in [0, 0.1) is 0 Å². The molecule has 29 heavy (non-hydrogen) atoms. The van der Waals surface area contributed by atoms with Crippen LogP contribution in [0.3, 0.4) is 0 Å². The summed E-state index contributed by atoms with van der Waals surface area (Å²) in [6.45, 7) is 4.82. The van der Waals surface area contributed by atoms with Crippen LogP contribution in [0.25, 0.3) is 5.69 Å². The molecule has 1 amide bonds. The molecule has 2 heterocycles. The molecule has 3 rings (SSSR count). The highest BCUT2D eigenvalue weighted by Crippen LogP contribution is 2.32. The van der Waals surface area contributed by atoms with Gasteiger partial charge in [-0.15, -0.1) is 10.2 Å². The van der Waals surface area contributed by atoms with E-state index in [1.54, 1.807) is 7.11 Å². The van der Waals surface area contributed by atoms with Crippen molar-refractivity contribution in [1.29, 1.82) is 0 Å². The Kier molecular flexibility index (Phi) is 8.22. The molecule has 0 radical (unpaired) electrons. The molecule has 7 nitrogen and oxygen atoms in total. The Bertz CT molecular complexity index is 789. The Morgan fingerprint density at radius 1 is 1.17 bits per heavy atom. The molecule has 158 valence electrons. The summed E-state index contributed by atoms with van der Waals surface area (Å²) in [7, 11) is 1.67. The van der Waals surface area contributed by atoms with Gasteiger partial charge in [-0.3, -0.25) is 9.36 Å². The normalized spacial score (nSPS) is 14.1. The number of aromatic nitrogens is 3. The summed E-state index contributed by atoms with van der Waals surface area (Å²) >= 11 is 1.41. The average Bonchev–Trinajstić information content (AvgIpc) is 3.19. The van der Waals surface area contributed by atoms with Gasteiger partial charge in [-0.05, 0) is 37.8 Å². The summed E-state index contributed by atoms with van der Waals surface area (Å²) < 4.78 is 7.61. The number of nitrogens with zero attached hydrogens (tertiary/aromatic N) is 4. The van der Waals surface area contributed by atoms with Crippen molar-refractivity contribution in [3.63, 3.8) is 0 Å². The van der Waals surface area contributed by atoms with Gasteiger partial charge in [0.1, 0.15) is 5.75 Å². The number of rotatable bonds is 10. The molecule has 0 atom stereocenters. The smallest absolute Gasteiger partial charge is 0.232 e. The van der Waals surface area contributed by atoms with Crippen molar-refractivity contribution in [2.75, 3.05) is 37.4 Å². The minimum atomic E-state index is 0.0280. The van der Waals surface area contributed by atoms with E-state index in [2.05, 4.69) is 27.3 Å². The Labute approximate surface area is 177 Å². The SMILES string of the molecule is CCCCCNC(=O)CSc1nnc(N2CCCCC2)n1-c1ccccc1OC. The zero-order valence-corrected chi connectivity index (χ0v) is 18.2. The molecule has 0 spiro atoms. The van der Waals surface area contributed by atoms with E-state index in [9.17, 15) is 4.79 Å². The van der Waals surface area contributed by atoms with E-state index in [1.165, 1.54) is 18.2 Å². The fourth-order valence-electron chi connectivity index (χ4n) is 3.46. The van der Waals surface area contributed by atoms with Crippen molar-refractivity contribution >= 4 is 23.6 Å². The number of para-hydroxylation sites is 2. The molecule has 2 aromatic rings. The van der Waals surface area contributed by atoms with Crippen molar-refractivity contribution in [3.05, 3.63) is 24.3 Å². The first kappa shape index (κ1) is 21.5. The van der Waals surface area contributed by atoms with E-state index in [0.717, 1.165) is 69.1 Å². The van der Waals surface area contributed by atoms with Crippen LogP contribution in [0.2, 0.25) is 0 Å². The first-order valence-corrected chi connectivity index (χ1v) is 11.5. The van der Waals surface area contributed by atoms with Gasteiger partial charge in [-0.1, -0.05) is 43.7 Å². The molecule has 8 heteroatoms. The van der Waals surface area contributed by atoms with Crippen molar-refractivity contribution in [1.82, 2.24) is 20.1 Å². The lowest BCUT2D eigenvalue weighted by Crippen LogP contribution is -2.31. The monoisotopic (exact) mass is 417 g/mol. The molecule has 1 fully saturated rings. The molecule has 0 unspecified atom stereocenters. The van der Waals surface area contributed by atoms with E-state index >= 15 is 0 Å². The number of amides is 1. The Hall–Kier alpha value is -2.22. The van der Waals surface area contributed by atoms with Crippen LogP contribution < -0.4 is 15.0 Å². The summed E-state index contributed by atoms with van der Waals surface area (Å²) in [5, 5.41) is 12.6. The average molecular weight is 418 g/mol. The number of carbonyl (C=O) groups excluding carboxylic acids is 1. The summed E-state index contributed by atoms with van der Waals surface area (Å²) in [4.78, 5) is 14.5. The Morgan fingerprint density at radius 2 is 1.97 bits per heavy atom. The topological polar surface area (TPSA) is 72.3 Å². The number of hydrogen-bond acceptors (Lipinski definition) is 6. The van der Waals surface area contributed by atoms with Gasteiger partial charge in [-0.2, -0.15) is 0 Å². The third kappa shape index (κ3) is 5.65. The maximum Gasteiger partial charge on any atom is 0.232 e. The number of hydrogen-bond donors (Lipinski definition) is 1. The van der Waals surface area contributed by atoms with Crippen LogP contribution in [0.4, 0.5) is 5.95 Å². The first-order valence-electron chi connectivity index (χ1n) is 10.5. The molecule has 1 aromatic heterocycles. The van der Waals surface area contributed by atoms with E-state index in [0.29, 0.717) is 10.9 Å². The van der Waals surface area contributed by atoms with Crippen LogP contribution in [0.1, 0.15) is 45.4 Å². The number of thioether (sulfide) groups is 1. The third-order valence-electron chi connectivity index (χ3n) is 5.02. The Balaban J connectivity index is 1.79. The summed E-state index contributed by atoms with van der Waals surface area (Å²) in [5.41, 5.74) is 0.895. The molecular formula is C21H31N5O2S. The molecule has 1 saturated heterocycles. The van der Waals surface area contributed by atoms with Crippen LogP contribution >= 0.6 is 11.8 Å². The van der Waals surface area contributed by atoms with Gasteiger partial charge in [0.15, 0.2) is 5.16 Å². The molecule has 1 aromatic carbocycles. The van der Waals surface area contributed by atoms with Crippen molar-refractivity contribution < 1.29 is 9.53 Å². The lowest BCUT2D eigenvalue weighted by Gasteiger charge is -2.28. The first-order chi connectivity index (χ1) is 14.2. The molecule has 1 N–H and O–H groups in total. The lowest BCUT2D eigenvalue weighted by atomic mass is 10.1. The number of anilines is 1. The highest BCUT2D eigenvalue weighted by Gasteiger charge is 2.23. The van der Waals surface area contributed by atoms with Gasteiger partial charge in [0.05, 0.1) is 18.6 Å². The van der Waals surface area contributed by atoms with Gasteiger partial charge in [0.2, 0.25) is 11.9 Å². The minimum Gasteiger partial charge on any atom is -0.495 e. The largest absolute Gasteiger partial charge is 0.495 e. The zero-order chi connectivity index (χ0) is 20.5. The second-order valence-corrected chi connectivity index (χ2v) is 8.13. The predicted octanol–water partition coefficient (Wildman–Crippen LogP) is 3.66. The summed E-state index contributed by atoms with van der Waals surface area (Å²) in [6, 6.07) is 7.87. The highest BCUT2D eigenvalue weighted by molar-refractivity contribution is 7.99. The Morgan fingerprint density at radius 3 is 2.72 bits per heavy atom. The number of carbonyl (C=O) groups is 1. The number of benzene rings is 1. The predicted molar refractivity (Wildman–Crippen MR) is 117 cm³/mol. The fraction of sp³-hybridized carbons (Fsp3) is 0.571. The van der Waals surface area contributed by atoms with Gasteiger partial charge in [-0.25, -0.2) is 0 Å². The molecule has 0 aliphatic carbocycles. The molecule has 1 aliphatic heterocycles. The maximum atomic E-state index is 12.2. The van der Waals surface area contributed by atoms with Crippen LogP contribution in [-0.4, -0.2) is 53.2 Å². The summed E-state index contributed by atoms with van der Waals surface area (Å²) in [5.74, 6) is 1.93. The van der Waals surface area contributed by atoms with Crippen molar-refractivity contribution in [2.24, 2.45) is 0 Å². The van der Waals surface area contributed by atoms with Crippen LogP contribution in [0.5, 0.6) is 5.75 Å². The quantitative estimate of drug-likeness (QED) is 0.470. The van der Waals surface area contributed by atoms with E-state index in [4.69, 9.17) is 4.74 Å². The second kappa shape index (κ2) is 11.1. The van der Waals surface area contributed by atoms with E-state index in [1.807, 2.05) is 28.8 Å². The molecule has 1 aliphatic rings. The number of unbranched alkanes of at least 4 members (excludes halogenated alkanes) is 2. The zero-order valence-electron chi connectivity index (χ0n) is 17.4. The highest BCUT2D eigenvalue weighted by atomic mass is 32.2. The van der Waals surface area contributed by atoms with Crippen LogP contribution in [-0.2, 0) is 4.79 Å². The van der Waals surface area contributed by atoms with Crippen molar-refractivity contribution in [2.45, 2.75) is 50.6 Å². The number of piperidine rings is 1. The van der Waals surface area contributed by atoms with Gasteiger partial charge in [0.25, 0.3) is 0 Å². The fourth-order valence-corrected chi connectivity index (χ4v) is 4.23. The number of ether oxygens (including phenoxy) is 1. The standard InChI is InChI=1S/C21H31N5O2S/c1-3-4-8-13-22-19(27)16-29-21-24-23-20(25-14-9-5-10-15-25)26(21)17-11-6-7-12-18(17)28-2/h6-7,11-12H,3-5,8-10,13-16H2,1-2H3,(H,22,27). The van der Waals surface area contributed by atoms with Crippen molar-refractivity contribution in [3.8, 4) is 11.4 Å². The summed E-state index contributed by atoms with van der Waals surface area (Å²) in [6.07, 6.45) is 6.85. The van der Waals surface area contributed by atoms with Gasteiger partial charge >= 0.3 is 0 Å². The van der Waals surface area contributed by atoms with Gasteiger partial charge in [0, 0.05) is 19.6 Å². The molecule has 0 saturated carbocycles. The molecular weight excluding hydrogens is 386 g/mol. The number of methoxy groups -OCH3 is 1. The minimum absolute atomic E-state index is 0.0280. The van der Waals surface area contributed by atoms with E-state index in [-0.39, 0.29) is 5.91 Å². The van der Waals surface area contributed by atoms with E-state index < -0.39 is 0 Å². The third-order valence-corrected chi connectivity index (χ3v) is 5.95.